The fourth-order valence-electron chi connectivity index (χ4n) is 6.87. The molecular formula is C39H78N2. The molecule has 2 nitrogen and oxygen atoms in total. The summed E-state index contributed by atoms with van der Waals surface area (Å²) >= 11 is 0. The Labute approximate surface area is 260 Å². The van der Waals surface area contributed by atoms with Crippen LogP contribution in [-0.4, -0.2) is 29.1 Å². The molecule has 0 aromatic heterocycles. The molecule has 0 amide bonds. The van der Waals surface area contributed by atoms with Crippen LogP contribution in [0.25, 0.3) is 0 Å². The van der Waals surface area contributed by atoms with Crippen LogP contribution in [0.1, 0.15) is 214 Å². The van der Waals surface area contributed by atoms with Gasteiger partial charge in [0.1, 0.15) is 6.17 Å². The second kappa shape index (κ2) is 29.4. The molecule has 1 rings (SSSR count). The largest absolute Gasteiger partial charge is 0.356 e. The third-order valence-corrected chi connectivity index (χ3v) is 9.52. The van der Waals surface area contributed by atoms with Gasteiger partial charge in [0.25, 0.3) is 0 Å². The van der Waals surface area contributed by atoms with Crippen molar-refractivity contribution in [3.05, 3.63) is 12.4 Å². The number of rotatable bonds is 32. The molecule has 1 aliphatic rings. The van der Waals surface area contributed by atoms with E-state index < -0.39 is 0 Å². The third kappa shape index (κ3) is 22.5. The van der Waals surface area contributed by atoms with Crippen LogP contribution in [0.4, 0.5) is 0 Å². The molecule has 0 radical (unpaired) electrons. The van der Waals surface area contributed by atoms with E-state index in [-0.39, 0.29) is 0 Å². The van der Waals surface area contributed by atoms with Gasteiger partial charge in [0.2, 0.25) is 0 Å². The minimum absolute atomic E-state index is 0.587. The lowest BCUT2D eigenvalue weighted by Crippen LogP contribution is -2.43. The molecule has 1 atom stereocenters. The van der Waals surface area contributed by atoms with Gasteiger partial charge in [0, 0.05) is 25.5 Å². The summed E-state index contributed by atoms with van der Waals surface area (Å²) < 4.78 is 0. The van der Waals surface area contributed by atoms with Crippen molar-refractivity contribution in [2.45, 2.75) is 220 Å². The van der Waals surface area contributed by atoms with E-state index in [1.165, 1.54) is 199 Å². The second-order valence-electron chi connectivity index (χ2n) is 14.0. The number of hydrogen-bond donors (Lipinski definition) is 0. The van der Waals surface area contributed by atoms with Crippen molar-refractivity contribution in [3.63, 3.8) is 0 Å². The van der Waals surface area contributed by atoms with Gasteiger partial charge in [-0.2, -0.15) is 0 Å². The summed E-state index contributed by atoms with van der Waals surface area (Å²) in [6, 6.07) is 0. The summed E-state index contributed by atoms with van der Waals surface area (Å²) in [6.45, 7) is 11.9. The average Bonchev–Trinajstić information content (AvgIpc) is 3.38. The fraction of sp³-hybridized carbons (Fsp3) is 0.949. The van der Waals surface area contributed by atoms with Crippen molar-refractivity contribution in [2.75, 3.05) is 13.1 Å². The molecule has 0 saturated heterocycles. The highest BCUT2D eigenvalue weighted by atomic mass is 15.4. The highest BCUT2D eigenvalue weighted by molar-refractivity contribution is 4.98. The van der Waals surface area contributed by atoms with Gasteiger partial charge in [-0.1, -0.05) is 201 Å². The van der Waals surface area contributed by atoms with E-state index in [0.717, 1.165) is 0 Å². The predicted octanol–water partition coefficient (Wildman–Crippen LogP) is 13.4. The van der Waals surface area contributed by atoms with Crippen LogP contribution in [0.15, 0.2) is 12.4 Å². The molecule has 244 valence electrons. The van der Waals surface area contributed by atoms with Gasteiger partial charge < -0.3 is 9.80 Å². The van der Waals surface area contributed by atoms with E-state index in [9.17, 15) is 0 Å². The van der Waals surface area contributed by atoms with E-state index >= 15 is 0 Å². The molecule has 0 saturated carbocycles. The van der Waals surface area contributed by atoms with E-state index in [1.54, 1.807) is 0 Å². The summed E-state index contributed by atoms with van der Waals surface area (Å²) in [6.07, 6.45) is 47.3. The minimum Gasteiger partial charge on any atom is -0.356 e. The Kier molecular flexibility index (Phi) is 27.5. The molecular weight excluding hydrogens is 496 g/mol. The topological polar surface area (TPSA) is 6.48 Å². The van der Waals surface area contributed by atoms with Gasteiger partial charge >= 0.3 is 0 Å². The first kappa shape index (κ1) is 38.4. The molecule has 41 heavy (non-hydrogen) atoms. The lowest BCUT2D eigenvalue weighted by atomic mass is 10.0. The third-order valence-electron chi connectivity index (χ3n) is 9.52. The standard InChI is InChI=1S/C39H78N2/c1-5-7-9-11-13-15-17-19-21-23-25-27-29-31-33-35-41-37-36-40(39(41)38(3)4)34-32-30-28-26-24-22-20-18-16-14-12-10-8-6-2/h36-39H,5-35H2,1-4H3. The maximum atomic E-state index is 2.65. The van der Waals surface area contributed by atoms with Crippen LogP contribution < -0.4 is 0 Å². The van der Waals surface area contributed by atoms with Gasteiger partial charge in [0.15, 0.2) is 0 Å². The Morgan fingerprint density at radius 3 is 0.805 bits per heavy atom. The van der Waals surface area contributed by atoms with E-state index in [1.807, 2.05) is 0 Å². The van der Waals surface area contributed by atoms with Gasteiger partial charge in [-0.15, -0.1) is 0 Å². The average molecular weight is 575 g/mol. The molecule has 0 spiro atoms. The summed E-state index contributed by atoms with van der Waals surface area (Å²) in [7, 11) is 0. The first-order valence-electron chi connectivity index (χ1n) is 19.4. The molecule has 0 aliphatic carbocycles. The van der Waals surface area contributed by atoms with Crippen LogP contribution in [0, 0.1) is 5.92 Å². The molecule has 0 N–H and O–H groups in total. The van der Waals surface area contributed by atoms with Crippen molar-refractivity contribution in [2.24, 2.45) is 5.92 Å². The molecule has 0 aromatic carbocycles. The molecule has 1 heterocycles. The van der Waals surface area contributed by atoms with Crippen molar-refractivity contribution in [1.29, 1.82) is 0 Å². The Morgan fingerprint density at radius 1 is 0.366 bits per heavy atom. The Morgan fingerprint density at radius 2 is 0.585 bits per heavy atom. The number of unbranched alkanes of at least 4 members (excludes halogenated alkanes) is 27. The summed E-state index contributed by atoms with van der Waals surface area (Å²) in [5, 5.41) is 0. The van der Waals surface area contributed by atoms with Gasteiger partial charge in [-0.05, 0) is 18.8 Å². The van der Waals surface area contributed by atoms with Crippen molar-refractivity contribution >= 4 is 0 Å². The molecule has 0 aromatic rings. The smallest absolute Gasteiger partial charge is 0.103 e. The highest BCUT2D eigenvalue weighted by Crippen LogP contribution is 2.24. The van der Waals surface area contributed by atoms with Crippen molar-refractivity contribution < 1.29 is 0 Å². The molecule has 0 bridgehead atoms. The maximum absolute atomic E-state index is 2.65. The zero-order valence-electron chi connectivity index (χ0n) is 29.1. The minimum atomic E-state index is 0.587. The first-order chi connectivity index (χ1) is 20.2. The first-order valence-corrected chi connectivity index (χ1v) is 19.4. The Bertz CT molecular complexity index is 542. The molecule has 1 unspecified atom stereocenters. The number of nitrogens with zero attached hydrogens (tertiary/aromatic N) is 2. The fourth-order valence-corrected chi connectivity index (χ4v) is 6.87. The molecule has 1 aliphatic heterocycles. The van der Waals surface area contributed by atoms with Gasteiger partial charge in [0.05, 0.1) is 0 Å². The van der Waals surface area contributed by atoms with Crippen LogP contribution in [0.3, 0.4) is 0 Å². The van der Waals surface area contributed by atoms with Crippen LogP contribution in [0.5, 0.6) is 0 Å². The Hall–Kier alpha value is -0.660. The van der Waals surface area contributed by atoms with Crippen LogP contribution in [0.2, 0.25) is 0 Å². The van der Waals surface area contributed by atoms with Crippen LogP contribution in [-0.2, 0) is 0 Å². The van der Waals surface area contributed by atoms with Gasteiger partial charge in [-0.25, -0.2) is 0 Å². The lowest BCUT2D eigenvalue weighted by molar-refractivity contribution is 0.104. The zero-order chi connectivity index (χ0) is 29.6. The van der Waals surface area contributed by atoms with Crippen molar-refractivity contribution in [3.8, 4) is 0 Å². The SMILES string of the molecule is CCCCCCCCCCCCCCCCCN1C=CN(CCCCCCCCCCCCCCCC)C1C(C)C. The summed E-state index contributed by atoms with van der Waals surface area (Å²) in [5.41, 5.74) is 0. The molecule has 2 heteroatoms. The maximum Gasteiger partial charge on any atom is 0.103 e. The number of hydrogen-bond acceptors (Lipinski definition) is 2. The Balaban J connectivity index is 1.94. The summed E-state index contributed by atoms with van der Waals surface area (Å²) in [5.74, 6) is 0.688. The van der Waals surface area contributed by atoms with Crippen molar-refractivity contribution in [1.82, 2.24) is 9.80 Å². The lowest BCUT2D eigenvalue weighted by Gasteiger charge is -2.36. The van der Waals surface area contributed by atoms with E-state index in [0.29, 0.717) is 12.1 Å². The van der Waals surface area contributed by atoms with E-state index in [4.69, 9.17) is 0 Å². The predicted molar refractivity (Wildman–Crippen MR) is 186 cm³/mol. The highest BCUT2D eigenvalue weighted by Gasteiger charge is 2.28. The van der Waals surface area contributed by atoms with Gasteiger partial charge in [-0.3, -0.25) is 0 Å². The summed E-state index contributed by atoms with van der Waals surface area (Å²) in [4.78, 5) is 5.30. The normalized spacial score (nSPS) is 15.2. The molecule has 0 fully saturated rings. The zero-order valence-corrected chi connectivity index (χ0v) is 29.1. The second-order valence-corrected chi connectivity index (χ2v) is 14.0. The van der Waals surface area contributed by atoms with Crippen LogP contribution >= 0.6 is 0 Å². The van der Waals surface area contributed by atoms with E-state index in [2.05, 4.69) is 49.9 Å². The quantitative estimate of drug-likeness (QED) is 0.0737. The monoisotopic (exact) mass is 575 g/mol.